The highest BCUT2D eigenvalue weighted by molar-refractivity contribution is 5.78. The number of amides is 1. The molecule has 0 saturated carbocycles. The molecule has 1 aromatic rings. The molecular weight excluding hydrogens is 310 g/mol. The number of aromatic nitrogens is 2. The molecule has 1 atom stereocenters. The van der Waals surface area contributed by atoms with Crippen molar-refractivity contribution < 1.29 is 14.3 Å². The lowest BCUT2D eigenvalue weighted by atomic mass is 9.98. The standard InChI is InChI=1S/C17H25N3O4/c1-3-6-14-9-15(21)20(12-18-14)11-16(22)19-8-5-7-13(10-19)17(23)24-4-2/h9,12-13H,3-8,10-11H2,1-2H3. The Morgan fingerprint density at radius 2 is 2.17 bits per heavy atom. The van der Waals surface area contributed by atoms with Gasteiger partial charge in [-0.2, -0.15) is 0 Å². The van der Waals surface area contributed by atoms with Gasteiger partial charge in [0.05, 0.1) is 18.9 Å². The summed E-state index contributed by atoms with van der Waals surface area (Å²) < 4.78 is 6.36. The molecule has 7 heteroatoms. The van der Waals surface area contributed by atoms with Crippen LogP contribution >= 0.6 is 0 Å². The Bertz CT molecular complexity index is 641. The molecule has 0 bridgehead atoms. The molecule has 0 aliphatic carbocycles. The van der Waals surface area contributed by atoms with Crippen molar-refractivity contribution >= 4 is 11.9 Å². The third-order valence-electron chi connectivity index (χ3n) is 4.14. The number of nitrogens with zero attached hydrogens (tertiary/aromatic N) is 3. The van der Waals surface area contributed by atoms with Gasteiger partial charge in [0.1, 0.15) is 6.54 Å². The van der Waals surface area contributed by atoms with Crippen molar-refractivity contribution in [2.24, 2.45) is 5.92 Å². The van der Waals surface area contributed by atoms with Gasteiger partial charge in [-0.15, -0.1) is 0 Å². The van der Waals surface area contributed by atoms with Crippen LogP contribution in [0.2, 0.25) is 0 Å². The fourth-order valence-corrected chi connectivity index (χ4v) is 2.88. The van der Waals surface area contributed by atoms with Crippen LogP contribution in [0.1, 0.15) is 38.8 Å². The number of ether oxygens (including phenoxy) is 1. The monoisotopic (exact) mass is 335 g/mol. The van der Waals surface area contributed by atoms with Gasteiger partial charge in [0.15, 0.2) is 0 Å². The number of piperidine rings is 1. The second kappa shape index (κ2) is 8.61. The van der Waals surface area contributed by atoms with E-state index >= 15 is 0 Å². The third kappa shape index (κ3) is 4.66. The van der Waals surface area contributed by atoms with Crippen molar-refractivity contribution in [1.29, 1.82) is 0 Å². The highest BCUT2D eigenvalue weighted by atomic mass is 16.5. The molecule has 132 valence electrons. The summed E-state index contributed by atoms with van der Waals surface area (Å²) in [4.78, 5) is 42.2. The Kier molecular flexibility index (Phi) is 6.52. The number of likely N-dealkylation sites (tertiary alicyclic amines) is 1. The molecule has 0 radical (unpaired) electrons. The summed E-state index contributed by atoms with van der Waals surface area (Å²) in [6.45, 7) is 5.04. The number of esters is 1. The van der Waals surface area contributed by atoms with E-state index < -0.39 is 0 Å². The Morgan fingerprint density at radius 3 is 2.83 bits per heavy atom. The first kappa shape index (κ1) is 18.2. The Hall–Kier alpha value is -2.18. The van der Waals surface area contributed by atoms with Crippen molar-refractivity contribution in [3.8, 4) is 0 Å². The number of hydrogen-bond donors (Lipinski definition) is 0. The minimum atomic E-state index is -0.274. The minimum absolute atomic E-state index is 0.0478. The molecule has 1 aliphatic heterocycles. The molecule has 1 fully saturated rings. The molecule has 0 spiro atoms. The summed E-state index contributed by atoms with van der Waals surface area (Å²) in [5.74, 6) is -0.696. The van der Waals surface area contributed by atoms with Crippen LogP contribution in [0.15, 0.2) is 17.2 Å². The summed E-state index contributed by atoms with van der Waals surface area (Å²) in [6, 6.07) is 1.48. The largest absolute Gasteiger partial charge is 0.466 e. The average Bonchev–Trinajstić information content (AvgIpc) is 2.58. The van der Waals surface area contributed by atoms with E-state index in [1.807, 2.05) is 6.92 Å². The van der Waals surface area contributed by atoms with Gasteiger partial charge < -0.3 is 9.64 Å². The first-order valence-electron chi connectivity index (χ1n) is 8.54. The quantitative estimate of drug-likeness (QED) is 0.724. The van der Waals surface area contributed by atoms with Gasteiger partial charge in [0, 0.05) is 24.8 Å². The molecule has 1 unspecified atom stereocenters. The van der Waals surface area contributed by atoms with Gasteiger partial charge >= 0.3 is 5.97 Å². The number of aryl methyl sites for hydroxylation is 1. The summed E-state index contributed by atoms with van der Waals surface area (Å²) in [5, 5.41) is 0. The van der Waals surface area contributed by atoms with Gasteiger partial charge in [-0.3, -0.25) is 19.0 Å². The van der Waals surface area contributed by atoms with Crippen LogP contribution in [0, 0.1) is 5.92 Å². The molecule has 7 nitrogen and oxygen atoms in total. The van der Waals surface area contributed by atoms with Crippen LogP contribution in [0.5, 0.6) is 0 Å². The van der Waals surface area contributed by atoms with Gasteiger partial charge in [0.25, 0.3) is 5.56 Å². The Labute approximate surface area is 141 Å². The van der Waals surface area contributed by atoms with Crippen LogP contribution in [-0.4, -0.2) is 46.0 Å². The zero-order valence-electron chi connectivity index (χ0n) is 14.4. The predicted octanol–water partition coefficient (Wildman–Crippen LogP) is 0.997. The second-order valence-electron chi connectivity index (χ2n) is 6.03. The first-order chi connectivity index (χ1) is 11.5. The van der Waals surface area contributed by atoms with Gasteiger partial charge in [-0.05, 0) is 26.2 Å². The van der Waals surface area contributed by atoms with Crippen molar-refractivity contribution in [3.05, 3.63) is 28.4 Å². The molecule has 0 N–H and O–H groups in total. The molecule has 0 aromatic carbocycles. The molecular formula is C17H25N3O4. The van der Waals surface area contributed by atoms with Crippen molar-refractivity contribution in [2.45, 2.75) is 46.1 Å². The van der Waals surface area contributed by atoms with Crippen LogP contribution in [-0.2, 0) is 27.3 Å². The van der Waals surface area contributed by atoms with Crippen molar-refractivity contribution in [3.63, 3.8) is 0 Å². The van der Waals surface area contributed by atoms with Gasteiger partial charge in [0.2, 0.25) is 5.91 Å². The van der Waals surface area contributed by atoms with E-state index in [4.69, 9.17) is 4.74 Å². The lowest BCUT2D eigenvalue weighted by Crippen LogP contribution is -2.45. The molecule has 24 heavy (non-hydrogen) atoms. The number of carbonyl (C=O) groups is 2. The number of rotatable bonds is 6. The second-order valence-corrected chi connectivity index (χ2v) is 6.03. The zero-order valence-corrected chi connectivity index (χ0v) is 14.4. The molecule has 1 aliphatic rings. The normalized spacial score (nSPS) is 17.6. The third-order valence-corrected chi connectivity index (χ3v) is 4.14. The highest BCUT2D eigenvalue weighted by Crippen LogP contribution is 2.18. The van der Waals surface area contributed by atoms with Gasteiger partial charge in [-0.1, -0.05) is 13.3 Å². The minimum Gasteiger partial charge on any atom is -0.466 e. The van der Waals surface area contributed by atoms with Crippen LogP contribution < -0.4 is 5.56 Å². The first-order valence-corrected chi connectivity index (χ1v) is 8.54. The predicted molar refractivity (Wildman–Crippen MR) is 88.4 cm³/mol. The van der Waals surface area contributed by atoms with E-state index in [0.29, 0.717) is 19.7 Å². The van der Waals surface area contributed by atoms with Crippen LogP contribution in [0.4, 0.5) is 0 Å². The smallest absolute Gasteiger partial charge is 0.310 e. The van der Waals surface area contributed by atoms with Crippen LogP contribution in [0.3, 0.4) is 0 Å². The maximum absolute atomic E-state index is 12.4. The molecule has 2 rings (SSSR count). The van der Waals surface area contributed by atoms with Crippen molar-refractivity contribution in [1.82, 2.24) is 14.5 Å². The van der Waals surface area contributed by atoms with E-state index in [1.165, 1.54) is 17.0 Å². The van der Waals surface area contributed by atoms with E-state index in [-0.39, 0.29) is 29.9 Å². The van der Waals surface area contributed by atoms with E-state index in [9.17, 15) is 14.4 Å². The van der Waals surface area contributed by atoms with E-state index in [2.05, 4.69) is 4.98 Å². The van der Waals surface area contributed by atoms with Crippen LogP contribution in [0.25, 0.3) is 0 Å². The fraction of sp³-hybridized carbons (Fsp3) is 0.647. The zero-order chi connectivity index (χ0) is 17.5. The topological polar surface area (TPSA) is 81.5 Å². The Balaban J connectivity index is 1.99. The molecule has 2 heterocycles. The molecule has 1 amide bonds. The van der Waals surface area contributed by atoms with Crippen molar-refractivity contribution in [2.75, 3.05) is 19.7 Å². The SMILES string of the molecule is CCCc1cc(=O)n(CC(=O)N2CCCC(C(=O)OCC)C2)cn1. The summed E-state index contributed by atoms with van der Waals surface area (Å²) in [5.41, 5.74) is 0.521. The molecule has 1 aromatic heterocycles. The number of carbonyl (C=O) groups excluding carboxylic acids is 2. The summed E-state index contributed by atoms with van der Waals surface area (Å²) >= 11 is 0. The highest BCUT2D eigenvalue weighted by Gasteiger charge is 2.29. The average molecular weight is 335 g/mol. The summed E-state index contributed by atoms with van der Waals surface area (Å²) in [7, 11) is 0. The molecule has 1 saturated heterocycles. The van der Waals surface area contributed by atoms with Gasteiger partial charge in [-0.25, -0.2) is 4.98 Å². The van der Waals surface area contributed by atoms with E-state index in [0.717, 1.165) is 31.4 Å². The lowest BCUT2D eigenvalue weighted by Gasteiger charge is -2.31. The maximum Gasteiger partial charge on any atom is 0.310 e. The van der Waals surface area contributed by atoms with E-state index in [1.54, 1.807) is 11.8 Å². The Morgan fingerprint density at radius 1 is 1.38 bits per heavy atom. The lowest BCUT2D eigenvalue weighted by molar-refractivity contribution is -0.151. The maximum atomic E-state index is 12.4. The fourth-order valence-electron chi connectivity index (χ4n) is 2.88. The summed E-state index contributed by atoms with van der Waals surface area (Å²) in [6.07, 6.45) is 4.58. The number of hydrogen-bond acceptors (Lipinski definition) is 5.